The molecule has 0 aliphatic rings. The number of rotatable bonds is 6. The zero-order valence-electron chi connectivity index (χ0n) is 11.9. The number of pyridine rings is 1. The molecule has 0 unspecified atom stereocenters. The third-order valence-electron chi connectivity index (χ3n) is 2.81. The molecule has 1 amide bonds. The van der Waals surface area contributed by atoms with Gasteiger partial charge in [-0.05, 0) is 36.9 Å². The van der Waals surface area contributed by atoms with Crippen molar-refractivity contribution in [3.8, 4) is 0 Å². The lowest BCUT2D eigenvalue weighted by molar-refractivity contribution is -0.153. The highest BCUT2D eigenvalue weighted by Gasteiger charge is 2.18. The highest BCUT2D eigenvalue weighted by molar-refractivity contribution is 7.09. The SMILES string of the molecule is C[C@H](OC(=O)CCc1cccs1)C(=O)Nc1ccc(Cl)cn1. The van der Waals surface area contributed by atoms with E-state index in [1.807, 2.05) is 17.5 Å². The van der Waals surface area contributed by atoms with E-state index in [0.29, 0.717) is 17.3 Å². The molecule has 2 rings (SSSR count). The van der Waals surface area contributed by atoms with Gasteiger partial charge in [-0.2, -0.15) is 0 Å². The molecule has 0 spiro atoms. The molecule has 0 saturated carbocycles. The van der Waals surface area contributed by atoms with Crippen LogP contribution in [0.2, 0.25) is 5.02 Å². The lowest BCUT2D eigenvalue weighted by atomic mass is 10.2. The molecule has 116 valence electrons. The fraction of sp³-hybridized carbons (Fsp3) is 0.267. The summed E-state index contributed by atoms with van der Waals surface area (Å²) in [6, 6.07) is 7.08. The minimum Gasteiger partial charge on any atom is -0.453 e. The molecule has 0 bridgehead atoms. The predicted octanol–water partition coefficient (Wildman–Crippen LogP) is 3.30. The van der Waals surface area contributed by atoms with Crippen LogP contribution in [-0.2, 0) is 20.7 Å². The van der Waals surface area contributed by atoms with E-state index in [4.69, 9.17) is 16.3 Å². The second kappa shape index (κ2) is 7.91. The quantitative estimate of drug-likeness (QED) is 0.820. The van der Waals surface area contributed by atoms with Crippen molar-refractivity contribution in [2.24, 2.45) is 0 Å². The number of hydrogen-bond donors (Lipinski definition) is 1. The summed E-state index contributed by atoms with van der Waals surface area (Å²) >= 11 is 7.30. The summed E-state index contributed by atoms with van der Waals surface area (Å²) < 4.78 is 5.11. The molecule has 0 fully saturated rings. The molecule has 1 atom stereocenters. The van der Waals surface area contributed by atoms with Crippen LogP contribution in [0.5, 0.6) is 0 Å². The summed E-state index contributed by atoms with van der Waals surface area (Å²) in [5.41, 5.74) is 0. The van der Waals surface area contributed by atoms with E-state index >= 15 is 0 Å². The Balaban J connectivity index is 1.77. The molecule has 0 radical (unpaired) electrons. The number of halogens is 1. The van der Waals surface area contributed by atoms with E-state index in [0.717, 1.165) is 4.88 Å². The van der Waals surface area contributed by atoms with Crippen LogP contribution >= 0.6 is 22.9 Å². The molecular weight excluding hydrogens is 324 g/mol. The van der Waals surface area contributed by atoms with Gasteiger partial charge >= 0.3 is 5.97 Å². The summed E-state index contributed by atoms with van der Waals surface area (Å²) in [6.45, 7) is 1.52. The van der Waals surface area contributed by atoms with Crippen molar-refractivity contribution in [2.75, 3.05) is 5.32 Å². The number of carbonyl (C=O) groups is 2. The van der Waals surface area contributed by atoms with E-state index in [9.17, 15) is 9.59 Å². The molecule has 0 aromatic carbocycles. The first-order valence-corrected chi connectivity index (χ1v) is 7.94. The fourth-order valence-electron chi connectivity index (χ4n) is 1.67. The van der Waals surface area contributed by atoms with Gasteiger partial charge < -0.3 is 10.1 Å². The van der Waals surface area contributed by atoms with Gasteiger partial charge in [-0.1, -0.05) is 17.7 Å². The monoisotopic (exact) mass is 338 g/mol. The Kier molecular flexibility index (Phi) is 5.91. The molecule has 1 N–H and O–H groups in total. The van der Waals surface area contributed by atoms with Crippen LogP contribution in [0.25, 0.3) is 0 Å². The van der Waals surface area contributed by atoms with Crippen LogP contribution in [0.4, 0.5) is 5.82 Å². The Morgan fingerprint density at radius 3 is 2.86 bits per heavy atom. The molecule has 2 aromatic rings. The van der Waals surface area contributed by atoms with Crippen molar-refractivity contribution in [3.63, 3.8) is 0 Å². The first-order valence-electron chi connectivity index (χ1n) is 6.69. The van der Waals surface area contributed by atoms with Gasteiger partial charge in [0.05, 0.1) is 11.4 Å². The largest absolute Gasteiger partial charge is 0.453 e. The van der Waals surface area contributed by atoms with Gasteiger partial charge in [-0.25, -0.2) is 4.98 Å². The molecule has 2 aromatic heterocycles. The maximum absolute atomic E-state index is 11.9. The lowest BCUT2D eigenvalue weighted by Gasteiger charge is -2.13. The lowest BCUT2D eigenvalue weighted by Crippen LogP contribution is -2.30. The van der Waals surface area contributed by atoms with Crippen molar-refractivity contribution in [2.45, 2.75) is 25.9 Å². The molecule has 22 heavy (non-hydrogen) atoms. The average molecular weight is 339 g/mol. The Morgan fingerprint density at radius 2 is 2.23 bits per heavy atom. The summed E-state index contributed by atoms with van der Waals surface area (Å²) in [7, 11) is 0. The molecule has 0 aliphatic heterocycles. The number of aryl methyl sites for hydroxylation is 1. The topological polar surface area (TPSA) is 68.3 Å². The number of nitrogens with one attached hydrogen (secondary N) is 1. The number of esters is 1. The minimum absolute atomic E-state index is 0.247. The number of ether oxygens (including phenoxy) is 1. The molecule has 7 heteroatoms. The number of amides is 1. The van der Waals surface area contributed by atoms with Gasteiger partial charge in [0.1, 0.15) is 5.82 Å². The van der Waals surface area contributed by atoms with Crippen molar-refractivity contribution < 1.29 is 14.3 Å². The van der Waals surface area contributed by atoms with Crippen molar-refractivity contribution in [3.05, 3.63) is 45.7 Å². The first kappa shape index (κ1) is 16.5. The Labute approximate surface area is 137 Å². The summed E-state index contributed by atoms with van der Waals surface area (Å²) in [5.74, 6) is -0.477. The number of anilines is 1. The maximum atomic E-state index is 11.9. The standard InChI is InChI=1S/C15H15ClN2O3S/c1-10(15(20)18-13-6-4-11(16)9-17-13)21-14(19)7-5-12-3-2-8-22-12/h2-4,6,8-10H,5,7H2,1H3,(H,17,18,20)/t10-/m0/s1. The maximum Gasteiger partial charge on any atom is 0.306 e. The number of carbonyl (C=O) groups excluding carboxylic acids is 2. The normalized spacial score (nSPS) is 11.7. The van der Waals surface area contributed by atoms with Crippen molar-refractivity contribution >= 4 is 40.6 Å². The van der Waals surface area contributed by atoms with Crippen LogP contribution in [0.15, 0.2) is 35.8 Å². The highest BCUT2D eigenvalue weighted by atomic mass is 35.5. The average Bonchev–Trinajstić information content (AvgIpc) is 3.01. The van der Waals surface area contributed by atoms with E-state index in [1.165, 1.54) is 13.1 Å². The molecule has 2 heterocycles. The number of nitrogens with zero attached hydrogens (tertiary/aromatic N) is 1. The Morgan fingerprint density at radius 1 is 1.41 bits per heavy atom. The van der Waals surface area contributed by atoms with E-state index < -0.39 is 18.0 Å². The van der Waals surface area contributed by atoms with E-state index in [1.54, 1.807) is 23.5 Å². The second-order valence-electron chi connectivity index (χ2n) is 4.56. The number of hydrogen-bond acceptors (Lipinski definition) is 5. The van der Waals surface area contributed by atoms with E-state index in [2.05, 4.69) is 10.3 Å². The zero-order chi connectivity index (χ0) is 15.9. The van der Waals surface area contributed by atoms with Crippen LogP contribution in [-0.4, -0.2) is 23.0 Å². The molecule has 0 saturated heterocycles. The third kappa shape index (κ3) is 5.13. The van der Waals surface area contributed by atoms with Gasteiger partial charge in [0.25, 0.3) is 5.91 Å². The fourth-order valence-corrected chi connectivity index (χ4v) is 2.49. The van der Waals surface area contributed by atoms with Crippen LogP contribution in [0, 0.1) is 0 Å². The van der Waals surface area contributed by atoms with E-state index in [-0.39, 0.29) is 6.42 Å². The Hall–Kier alpha value is -1.92. The first-order chi connectivity index (χ1) is 10.5. The van der Waals surface area contributed by atoms with Crippen molar-refractivity contribution in [1.29, 1.82) is 0 Å². The second-order valence-corrected chi connectivity index (χ2v) is 6.03. The van der Waals surface area contributed by atoms with Gasteiger partial charge in [0, 0.05) is 11.1 Å². The third-order valence-corrected chi connectivity index (χ3v) is 3.97. The number of aromatic nitrogens is 1. The van der Waals surface area contributed by atoms with Gasteiger partial charge in [-0.15, -0.1) is 11.3 Å². The zero-order valence-corrected chi connectivity index (χ0v) is 13.5. The summed E-state index contributed by atoms with van der Waals surface area (Å²) in [4.78, 5) is 28.7. The predicted molar refractivity (Wildman–Crippen MR) is 86.1 cm³/mol. The molecular formula is C15H15ClN2O3S. The molecule has 0 aliphatic carbocycles. The van der Waals surface area contributed by atoms with Gasteiger partial charge in [-0.3, -0.25) is 9.59 Å². The molecule has 5 nitrogen and oxygen atoms in total. The van der Waals surface area contributed by atoms with Crippen LogP contribution in [0.3, 0.4) is 0 Å². The van der Waals surface area contributed by atoms with Gasteiger partial charge in [0.2, 0.25) is 0 Å². The smallest absolute Gasteiger partial charge is 0.306 e. The van der Waals surface area contributed by atoms with Gasteiger partial charge in [0.15, 0.2) is 6.10 Å². The highest BCUT2D eigenvalue weighted by Crippen LogP contribution is 2.12. The Bertz CT molecular complexity index is 629. The minimum atomic E-state index is -0.881. The van der Waals surface area contributed by atoms with Crippen molar-refractivity contribution in [1.82, 2.24) is 4.98 Å². The summed E-state index contributed by atoms with van der Waals surface area (Å²) in [5, 5.41) is 4.99. The number of thiophene rings is 1. The van der Waals surface area contributed by atoms with Crippen LogP contribution in [0.1, 0.15) is 18.2 Å². The van der Waals surface area contributed by atoms with Crippen LogP contribution < -0.4 is 5.32 Å². The summed E-state index contributed by atoms with van der Waals surface area (Å²) in [6.07, 6.45) is 1.41.